The topological polar surface area (TPSA) is 111 Å². The van der Waals surface area contributed by atoms with Gasteiger partial charge in [0.2, 0.25) is 0 Å². The van der Waals surface area contributed by atoms with Gasteiger partial charge in [-0.25, -0.2) is 0 Å². The molecule has 0 aromatic heterocycles. The van der Waals surface area contributed by atoms with Gasteiger partial charge >= 0.3 is 5.97 Å². The number of anilines is 2. The molecule has 2 N–H and O–H groups in total. The first kappa shape index (κ1) is 19.6. The summed E-state index contributed by atoms with van der Waals surface area (Å²) < 4.78 is 4.87. The normalized spacial score (nSPS) is 22.7. The van der Waals surface area contributed by atoms with E-state index in [-0.39, 0.29) is 17.4 Å². The molecule has 0 radical (unpaired) electrons. The van der Waals surface area contributed by atoms with E-state index in [9.17, 15) is 19.7 Å². The Balaban J connectivity index is 1.93. The summed E-state index contributed by atoms with van der Waals surface area (Å²) in [6.07, 6.45) is 0.438. The smallest absolute Gasteiger partial charge is 0.316 e. The van der Waals surface area contributed by atoms with Crippen molar-refractivity contribution in [1.82, 2.24) is 0 Å². The van der Waals surface area contributed by atoms with E-state index in [0.717, 1.165) is 5.69 Å². The molecule has 2 aromatic carbocycles. The molecule has 4 rings (SSSR count). The van der Waals surface area contributed by atoms with Gasteiger partial charge in [0.05, 0.1) is 35.0 Å². The Kier molecular flexibility index (Phi) is 4.99. The predicted molar refractivity (Wildman–Crippen MR) is 111 cm³/mol. The number of Topliss-reactive ketones (excluding diaryl/α,β-unsaturated/α-hetero) is 1. The number of benzene rings is 2. The van der Waals surface area contributed by atoms with Gasteiger partial charge < -0.3 is 15.4 Å². The zero-order chi connectivity index (χ0) is 21.4. The Labute approximate surface area is 173 Å². The molecule has 0 unspecified atom stereocenters. The lowest BCUT2D eigenvalue weighted by atomic mass is 9.74. The van der Waals surface area contributed by atoms with Crippen LogP contribution in [0.1, 0.15) is 24.9 Å². The SMILES string of the molecule is COC(=O)[C@@H]1C(=O)C2=C(C[C@@H]1C)Nc1ccccc1N[C@@H]2c1ccccc1[N+](=O)[O-]. The highest BCUT2D eigenvalue weighted by Gasteiger charge is 2.45. The zero-order valence-electron chi connectivity index (χ0n) is 16.5. The highest BCUT2D eigenvalue weighted by Crippen LogP contribution is 2.45. The molecule has 0 amide bonds. The lowest BCUT2D eigenvalue weighted by molar-refractivity contribution is -0.385. The van der Waals surface area contributed by atoms with Crippen LogP contribution in [0.2, 0.25) is 0 Å². The average molecular weight is 407 g/mol. The van der Waals surface area contributed by atoms with Crippen LogP contribution in [0.3, 0.4) is 0 Å². The van der Waals surface area contributed by atoms with E-state index in [1.807, 2.05) is 31.2 Å². The molecule has 2 aromatic rings. The van der Waals surface area contributed by atoms with Gasteiger partial charge in [0, 0.05) is 17.3 Å². The van der Waals surface area contributed by atoms with Crippen LogP contribution in [0, 0.1) is 22.0 Å². The van der Waals surface area contributed by atoms with Crippen LogP contribution in [-0.2, 0) is 14.3 Å². The van der Waals surface area contributed by atoms with E-state index < -0.39 is 22.9 Å². The summed E-state index contributed by atoms with van der Waals surface area (Å²) in [5.74, 6) is -2.20. The highest BCUT2D eigenvalue weighted by molar-refractivity contribution is 6.11. The third kappa shape index (κ3) is 3.20. The standard InChI is InChI=1S/C22H21N3O5/c1-12-11-16-19(21(26)18(12)22(27)30-2)20(13-7-3-6-10-17(13)25(28)29)24-15-9-5-4-8-14(15)23-16/h3-10,12,18,20,23-24H,11H2,1-2H3/t12-,18-,20+/m0/s1. The van der Waals surface area contributed by atoms with Crippen molar-refractivity contribution < 1.29 is 19.2 Å². The molecule has 1 heterocycles. The molecular weight excluding hydrogens is 386 g/mol. The molecular formula is C22H21N3O5. The molecule has 154 valence electrons. The number of nitrogens with one attached hydrogen (secondary N) is 2. The summed E-state index contributed by atoms with van der Waals surface area (Å²) in [5, 5.41) is 18.3. The molecule has 8 heteroatoms. The second kappa shape index (κ2) is 7.62. The first-order valence-electron chi connectivity index (χ1n) is 9.63. The number of ketones is 1. The highest BCUT2D eigenvalue weighted by atomic mass is 16.6. The van der Waals surface area contributed by atoms with Gasteiger partial charge in [-0.1, -0.05) is 31.2 Å². The lowest BCUT2D eigenvalue weighted by Gasteiger charge is -2.32. The first-order valence-corrected chi connectivity index (χ1v) is 9.63. The number of allylic oxidation sites excluding steroid dienone is 1. The Bertz CT molecular complexity index is 1080. The molecule has 1 aliphatic heterocycles. The number of hydrogen-bond acceptors (Lipinski definition) is 7. The summed E-state index contributed by atoms with van der Waals surface area (Å²) in [6.45, 7) is 1.83. The van der Waals surface area contributed by atoms with Gasteiger partial charge in [-0.15, -0.1) is 0 Å². The maximum absolute atomic E-state index is 13.5. The van der Waals surface area contributed by atoms with E-state index in [2.05, 4.69) is 10.6 Å². The monoisotopic (exact) mass is 407 g/mol. The number of nitro benzene ring substituents is 1. The van der Waals surface area contributed by atoms with E-state index in [1.165, 1.54) is 13.2 Å². The van der Waals surface area contributed by atoms with Crippen molar-refractivity contribution in [1.29, 1.82) is 0 Å². The second-order valence-corrected chi connectivity index (χ2v) is 7.50. The van der Waals surface area contributed by atoms with Gasteiger partial charge in [-0.3, -0.25) is 19.7 Å². The van der Waals surface area contributed by atoms with Crippen molar-refractivity contribution in [2.24, 2.45) is 11.8 Å². The van der Waals surface area contributed by atoms with Crippen LogP contribution in [0.15, 0.2) is 59.8 Å². The lowest BCUT2D eigenvalue weighted by Crippen LogP contribution is -2.39. The van der Waals surface area contributed by atoms with E-state index in [4.69, 9.17) is 4.74 Å². The number of carbonyl (C=O) groups excluding carboxylic acids is 2. The third-order valence-corrected chi connectivity index (χ3v) is 5.67. The minimum Gasteiger partial charge on any atom is -0.468 e. The predicted octanol–water partition coefficient (Wildman–Crippen LogP) is 3.83. The average Bonchev–Trinajstić information content (AvgIpc) is 2.90. The van der Waals surface area contributed by atoms with Gasteiger partial charge in [0.15, 0.2) is 5.78 Å². The van der Waals surface area contributed by atoms with Crippen molar-refractivity contribution in [2.45, 2.75) is 19.4 Å². The summed E-state index contributed by atoms with van der Waals surface area (Å²) in [4.78, 5) is 37.1. The zero-order valence-corrected chi connectivity index (χ0v) is 16.5. The first-order chi connectivity index (χ1) is 14.4. The number of fused-ring (bicyclic) bond motifs is 1. The molecule has 30 heavy (non-hydrogen) atoms. The molecule has 0 saturated carbocycles. The van der Waals surface area contributed by atoms with Crippen LogP contribution >= 0.6 is 0 Å². The number of carbonyl (C=O) groups is 2. The number of nitrogens with zero attached hydrogens (tertiary/aromatic N) is 1. The van der Waals surface area contributed by atoms with Crippen molar-refractivity contribution in [3.63, 3.8) is 0 Å². The summed E-state index contributed by atoms with van der Waals surface area (Å²) in [6, 6.07) is 13.0. The van der Waals surface area contributed by atoms with Crippen LogP contribution in [0.4, 0.5) is 17.1 Å². The van der Waals surface area contributed by atoms with Crippen LogP contribution in [-0.4, -0.2) is 23.8 Å². The fourth-order valence-electron chi connectivity index (χ4n) is 4.26. The Hall–Kier alpha value is -3.68. The van der Waals surface area contributed by atoms with Gasteiger partial charge in [0.1, 0.15) is 5.92 Å². The Morgan fingerprint density at radius 3 is 2.50 bits per heavy atom. The van der Waals surface area contributed by atoms with Crippen molar-refractivity contribution in [2.75, 3.05) is 17.7 Å². The Morgan fingerprint density at radius 1 is 1.13 bits per heavy atom. The van der Waals surface area contributed by atoms with E-state index in [0.29, 0.717) is 28.9 Å². The van der Waals surface area contributed by atoms with Crippen molar-refractivity contribution in [3.8, 4) is 0 Å². The molecule has 0 fully saturated rings. The number of hydrogen-bond donors (Lipinski definition) is 2. The summed E-state index contributed by atoms with van der Waals surface area (Å²) in [7, 11) is 1.26. The van der Waals surface area contributed by atoms with E-state index >= 15 is 0 Å². The molecule has 8 nitrogen and oxygen atoms in total. The molecule has 3 atom stereocenters. The molecule has 1 aliphatic carbocycles. The number of nitro groups is 1. The minimum absolute atomic E-state index is 0.0951. The van der Waals surface area contributed by atoms with Crippen LogP contribution < -0.4 is 10.6 Å². The molecule has 0 saturated heterocycles. The third-order valence-electron chi connectivity index (χ3n) is 5.67. The number of ether oxygens (including phenoxy) is 1. The summed E-state index contributed by atoms with van der Waals surface area (Å²) in [5.41, 5.74) is 2.73. The summed E-state index contributed by atoms with van der Waals surface area (Å²) >= 11 is 0. The maximum atomic E-state index is 13.5. The minimum atomic E-state index is -0.955. The van der Waals surface area contributed by atoms with Crippen molar-refractivity contribution >= 4 is 28.8 Å². The number of methoxy groups -OCH3 is 1. The Morgan fingerprint density at radius 2 is 1.80 bits per heavy atom. The fourth-order valence-corrected chi connectivity index (χ4v) is 4.26. The second-order valence-electron chi connectivity index (χ2n) is 7.50. The molecule has 2 aliphatic rings. The number of para-hydroxylation sites is 3. The van der Waals surface area contributed by atoms with Gasteiger partial charge in [-0.05, 0) is 30.5 Å². The van der Waals surface area contributed by atoms with E-state index in [1.54, 1.807) is 18.2 Å². The van der Waals surface area contributed by atoms with Crippen LogP contribution in [0.25, 0.3) is 0 Å². The van der Waals surface area contributed by atoms with Gasteiger partial charge in [0.25, 0.3) is 5.69 Å². The number of esters is 1. The van der Waals surface area contributed by atoms with Crippen molar-refractivity contribution in [3.05, 3.63) is 75.5 Å². The van der Waals surface area contributed by atoms with Gasteiger partial charge in [-0.2, -0.15) is 0 Å². The quantitative estimate of drug-likeness (QED) is 0.344. The van der Waals surface area contributed by atoms with Crippen LogP contribution in [0.5, 0.6) is 0 Å². The largest absolute Gasteiger partial charge is 0.468 e. The molecule has 0 spiro atoms. The molecule has 0 bridgehead atoms. The maximum Gasteiger partial charge on any atom is 0.316 e. The fraction of sp³-hybridized carbons (Fsp3) is 0.273. The number of rotatable bonds is 3.